The van der Waals surface area contributed by atoms with Gasteiger partial charge in [0, 0.05) is 21.8 Å². The highest BCUT2D eigenvalue weighted by Crippen LogP contribution is 2.22. The van der Waals surface area contributed by atoms with Crippen molar-refractivity contribution in [1.82, 2.24) is 0 Å². The summed E-state index contributed by atoms with van der Waals surface area (Å²) in [6, 6.07) is 30.5. The average Bonchev–Trinajstić information content (AvgIpc) is 2.79. The van der Waals surface area contributed by atoms with Crippen LogP contribution in [-0.2, 0) is 4.79 Å². The third kappa shape index (κ3) is 5.07. The molecule has 2 N–H and O–H groups in total. The Morgan fingerprint density at radius 3 is 2.10 bits per heavy atom. The molecule has 4 nitrogen and oxygen atoms in total. The smallest absolute Gasteiger partial charge is 0.255 e. The first kappa shape index (κ1) is 19.7. The van der Waals surface area contributed by atoms with Crippen molar-refractivity contribution in [2.75, 3.05) is 16.4 Å². The third-order valence-electron chi connectivity index (χ3n) is 4.55. The Balaban J connectivity index is 1.32. The number of benzene rings is 4. The molecule has 5 heteroatoms. The molecule has 0 bridgehead atoms. The van der Waals surface area contributed by atoms with Crippen LogP contribution in [0.2, 0.25) is 0 Å². The van der Waals surface area contributed by atoms with Gasteiger partial charge >= 0.3 is 0 Å². The summed E-state index contributed by atoms with van der Waals surface area (Å²) in [5, 5.41) is 7.92. The highest BCUT2D eigenvalue weighted by molar-refractivity contribution is 8.00. The van der Waals surface area contributed by atoms with Crippen LogP contribution in [0.4, 0.5) is 11.4 Å². The fraction of sp³-hybridized carbons (Fsp3) is 0.0400. The molecule has 0 saturated heterocycles. The second-order valence-electron chi connectivity index (χ2n) is 6.74. The molecule has 4 aromatic carbocycles. The molecule has 0 fully saturated rings. The largest absolute Gasteiger partial charge is 0.325 e. The zero-order valence-electron chi connectivity index (χ0n) is 16.2. The molecule has 0 saturated carbocycles. The molecular formula is C25H20N2O2S. The van der Waals surface area contributed by atoms with E-state index in [1.165, 1.54) is 11.8 Å². The Bertz CT molecular complexity index is 1170. The Morgan fingerprint density at radius 2 is 1.33 bits per heavy atom. The fourth-order valence-corrected chi connectivity index (χ4v) is 3.73. The summed E-state index contributed by atoms with van der Waals surface area (Å²) >= 11 is 1.45. The van der Waals surface area contributed by atoms with Crippen molar-refractivity contribution in [1.29, 1.82) is 0 Å². The predicted octanol–water partition coefficient (Wildman–Crippen LogP) is 5.82. The van der Waals surface area contributed by atoms with Crippen LogP contribution in [0.3, 0.4) is 0 Å². The molecule has 4 aromatic rings. The van der Waals surface area contributed by atoms with E-state index < -0.39 is 0 Å². The van der Waals surface area contributed by atoms with Gasteiger partial charge < -0.3 is 10.6 Å². The lowest BCUT2D eigenvalue weighted by atomic mass is 10.1. The summed E-state index contributed by atoms with van der Waals surface area (Å²) in [4.78, 5) is 25.6. The number of rotatable bonds is 6. The van der Waals surface area contributed by atoms with E-state index >= 15 is 0 Å². The number of carbonyl (C=O) groups excluding carboxylic acids is 2. The van der Waals surface area contributed by atoms with Crippen LogP contribution in [0.15, 0.2) is 102 Å². The monoisotopic (exact) mass is 412 g/mol. The lowest BCUT2D eigenvalue weighted by Gasteiger charge is -2.08. The van der Waals surface area contributed by atoms with Crippen molar-refractivity contribution < 1.29 is 9.59 Å². The Hall–Kier alpha value is -3.57. The normalized spacial score (nSPS) is 10.5. The van der Waals surface area contributed by atoms with E-state index in [0.717, 1.165) is 21.4 Å². The third-order valence-corrected chi connectivity index (χ3v) is 5.56. The Labute approximate surface area is 179 Å². The van der Waals surface area contributed by atoms with Crippen molar-refractivity contribution in [3.63, 3.8) is 0 Å². The number of hydrogen-bond acceptors (Lipinski definition) is 3. The summed E-state index contributed by atoms with van der Waals surface area (Å²) < 4.78 is 0. The van der Waals surface area contributed by atoms with Crippen molar-refractivity contribution in [2.24, 2.45) is 0 Å². The fourth-order valence-electron chi connectivity index (χ4n) is 3.04. The van der Waals surface area contributed by atoms with Crippen LogP contribution in [0.25, 0.3) is 10.8 Å². The van der Waals surface area contributed by atoms with E-state index in [4.69, 9.17) is 0 Å². The molecule has 0 aliphatic rings. The number of nitrogens with one attached hydrogen (secondary N) is 2. The van der Waals surface area contributed by atoms with E-state index in [1.54, 1.807) is 0 Å². The van der Waals surface area contributed by atoms with Crippen molar-refractivity contribution in [2.45, 2.75) is 4.90 Å². The highest BCUT2D eigenvalue weighted by Gasteiger charge is 2.08. The first-order chi connectivity index (χ1) is 14.7. The van der Waals surface area contributed by atoms with Crippen LogP contribution in [0, 0.1) is 0 Å². The number of fused-ring (bicyclic) bond motifs is 1. The minimum absolute atomic E-state index is 0.0557. The van der Waals surface area contributed by atoms with Crippen LogP contribution in [-0.4, -0.2) is 17.6 Å². The molecule has 0 radical (unpaired) electrons. The van der Waals surface area contributed by atoms with Gasteiger partial charge in [0.2, 0.25) is 5.91 Å². The zero-order valence-corrected chi connectivity index (χ0v) is 17.0. The van der Waals surface area contributed by atoms with Gasteiger partial charge in [-0.25, -0.2) is 0 Å². The van der Waals surface area contributed by atoms with Crippen molar-refractivity contribution in [3.8, 4) is 0 Å². The summed E-state index contributed by atoms with van der Waals surface area (Å²) in [6.45, 7) is 0. The van der Waals surface area contributed by atoms with E-state index in [9.17, 15) is 9.59 Å². The molecule has 0 atom stereocenters. The molecule has 0 aliphatic carbocycles. The minimum Gasteiger partial charge on any atom is -0.325 e. The second-order valence-corrected chi connectivity index (χ2v) is 7.79. The summed E-state index contributed by atoms with van der Waals surface area (Å²) in [5.74, 6) is 0.112. The maximum Gasteiger partial charge on any atom is 0.255 e. The molecule has 0 unspecified atom stereocenters. The molecule has 0 aliphatic heterocycles. The van der Waals surface area contributed by atoms with Crippen molar-refractivity contribution >= 4 is 45.7 Å². The topological polar surface area (TPSA) is 58.2 Å². The summed E-state index contributed by atoms with van der Waals surface area (Å²) in [7, 11) is 0. The maximum atomic E-state index is 12.6. The van der Waals surface area contributed by atoms with Gasteiger partial charge in [0.15, 0.2) is 0 Å². The SMILES string of the molecule is O=C(CSc1ccc(NC(=O)c2ccc3ccccc3c2)cc1)Nc1ccccc1. The number of hydrogen-bond donors (Lipinski definition) is 2. The van der Waals surface area contributed by atoms with Crippen molar-refractivity contribution in [3.05, 3.63) is 103 Å². The molecule has 0 spiro atoms. The number of para-hydroxylation sites is 1. The van der Waals surface area contributed by atoms with E-state index in [1.807, 2.05) is 97.1 Å². The summed E-state index contributed by atoms with van der Waals surface area (Å²) in [6.07, 6.45) is 0. The quantitative estimate of drug-likeness (QED) is 0.392. The van der Waals surface area contributed by atoms with Gasteiger partial charge in [-0.3, -0.25) is 9.59 Å². The standard InChI is InChI=1S/C25H20N2O2S/c28-24(26-21-8-2-1-3-9-21)17-30-23-14-12-22(13-15-23)27-25(29)20-11-10-18-6-4-5-7-19(18)16-20/h1-16H,17H2,(H,26,28)(H,27,29). The minimum atomic E-state index is -0.150. The molecule has 0 heterocycles. The van der Waals surface area contributed by atoms with Gasteiger partial charge in [-0.1, -0.05) is 48.5 Å². The second kappa shape index (κ2) is 9.29. The number of anilines is 2. The van der Waals surface area contributed by atoms with E-state index in [-0.39, 0.29) is 11.8 Å². The number of carbonyl (C=O) groups is 2. The lowest BCUT2D eigenvalue weighted by Crippen LogP contribution is -2.13. The van der Waals surface area contributed by atoms with Crippen LogP contribution < -0.4 is 10.6 Å². The zero-order chi connectivity index (χ0) is 20.8. The number of thioether (sulfide) groups is 1. The van der Waals surface area contributed by atoms with Gasteiger partial charge in [0.05, 0.1) is 5.75 Å². The molecular weight excluding hydrogens is 392 g/mol. The maximum absolute atomic E-state index is 12.6. The van der Waals surface area contributed by atoms with Gasteiger partial charge in [0.25, 0.3) is 5.91 Å². The van der Waals surface area contributed by atoms with Crippen LogP contribution in [0.5, 0.6) is 0 Å². The van der Waals surface area contributed by atoms with Crippen LogP contribution >= 0.6 is 11.8 Å². The molecule has 0 aromatic heterocycles. The van der Waals surface area contributed by atoms with E-state index in [2.05, 4.69) is 10.6 Å². The predicted molar refractivity (Wildman–Crippen MR) is 124 cm³/mol. The Morgan fingerprint density at radius 1 is 0.667 bits per heavy atom. The first-order valence-electron chi connectivity index (χ1n) is 9.55. The Kier molecular flexibility index (Phi) is 6.11. The van der Waals surface area contributed by atoms with Crippen LogP contribution in [0.1, 0.15) is 10.4 Å². The molecule has 4 rings (SSSR count). The first-order valence-corrected chi connectivity index (χ1v) is 10.5. The van der Waals surface area contributed by atoms with Gasteiger partial charge in [-0.15, -0.1) is 11.8 Å². The van der Waals surface area contributed by atoms with Gasteiger partial charge in [-0.05, 0) is 59.3 Å². The molecule has 148 valence electrons. The molecule has 2 amide bonds. The lowest BCUT2D eigenvalue weighted by molar-refractivity contribution is -0.113. The van der Waals surface area contributed by atoms with Gasteiger partial charge in [-0.2, -0.15) is 0 Å². The average molecular weight is 413 g/mol. The summed E-state index contributed by atoms with van der Waals surface area (Å²) in [5.41, 5.74) is 2.12. The van der Waals surface area contributed by atoms with Gasteiger partial charge in [0.1, 0.15) is 0 Å². The number of amides is 2. The molecule has 30 heavy (non-hydrogen) atoms. The highest BCUT2D eigenvalue weighted by atomic mass is 32.2. The van der Waals surface area contributed by atoms with E-state index in [0.29, 0.717) is 17.0 Å².